The molecule has 0 saturated carbocycles. The normalized spacial score (nSPS) is 20.1. The molecule has 1 aliphatic heterocycles. The highest BCUT2D eigenvalue weighted by atomic mass is 35.5. The van der Waals surface area contributed by atoms with E-state index < -0.39 is 0 Å². The van der Waals surface area contributed by atoms with E-state index in [-0.39, 0.29) is 12.4 Å². The predicted molar refractivity (Wildman–Crippen MR) is 43.0 cm³/mol. The summed E-state index contributed by atoms with van der Waals surface area (Å²) in [6, 6.07) is 2.09. The molecule has 56 valence electrons. The van der Waals surface area contributed by atoms with Crippen LogP contribution in [0.5, 0.6) is 0 Å². The Balaban J connectivity index is 0.000000810. The highest BCUT2D eigenvalue weighted by Gasteiger charge is 2.02. The zero-order chi connectivity index (χ0) is 6.53. The molecule has 3 heteroatoms. The second kappa shape index (κ2) is 5.28. The van der Waals surface area contributed by atoms with Gasteiger partial charge in [-0.1, -0.05) is 11.6 Å². The lowest BCUT2D eigenvalue weighted by molar-refractivity contribution is 0.862. The summed E-state index contributed by atoms with van der Waals surface area (Å²) < 4.78 is 0. The van der Waals surface area contributed by atoms with Crippen LogP contribution < -0.4 is 5.32 Å². The fraction of sp³-hybridized carbons (Fsp3) is 0.571. The van der Waals surface area contributed by atoms with Crippen LogP contribution in [0.15, 0.2) is 11.6 Å². The van der Waals surface area contributed by atoms with Gasteiger partial charge in [0.05, 0.1) is 12.5 Å². The summed E-state index contributed by atoms with van der Waals surface area (Å²) in [5.41, 5.74) is 1.39. The molecule has 0 amide bonds. The number of nitrogens with one attached hydrogen (secondary N) is 1. The quantitative estimate of drug-likeness (QED) is 0.583. The van der Waals surface area contributed by atoms with Crippen molar-refractivity contribution >= 4 is 12.4 Å². The van der Waals surface area contributed by atoms with Crippen molar-refractivity contribution in [3.63, 3.8) is 0 Å². The van der Waals surface area contributed by atoms with E-state index in [1.807, 2.05) is 6.08 Å². The molecule has 0 radical (unpaired) electrons. The van der Waals surface area contributed by atoms with Crippen molar-refractivity contribution < 1.29 is 0 Å². The lowest BCUT2D eigenvalue weighted by Crippen LogP contribution is -2.04. The predicted octanol–water partition coefficient (Wildman–Crippen LogP) is 1.24. The summed E-state index contributed by atoms with van der Waals surface area (Å²) in [4.78, 5) is 0. The molecule has 0 bridgehead atoms. The summed E-state index contributed by atoms with van der Waals surface area (Å²) in [6.45, 7) is 2.07. The third kappa shape index (κ3) is 2.86. The van der Waals surface area contributed by atoms with Crippen LogP contribution in [0, 0.1) is 11.3 Å². The van der Waals surface area contributed by atoms with E-state index in [1.165, 1.54) is 5.57 Å². The molecule has 0 spiro atoms. The van der Waals surface area contributed by atoms with Crippen LogP contribution in [0.2, 0.25) is 0 Å². The summed E-state index contributed by atoms with van der Waals surface area (Å²) in [5.74, 6) is 0. The molecule has 0 aromatic heterocycles. The highest BCUT2D eigenvalue weighted by molar-refractivity contribution is 5.85. The minimum absolute atomic E-state index is 0. The monoisotopic (exact) mass is 158 g/mol. The van der Waals surface area contributed by atoms with E-state index in [1.54, 1.807) is 0 Å². The van der Waals surface area contributed by atoms with E-state index in [0.717, 1.165) is 19.5 Å². The topological polar surface area (TPSA) is 35.8 Å². The minimum atomic E-state index is 0. The van der Waals surface area contributed by atoms with Gasteiger partial charge in [0.15, 0.2) is 0 Å². The molecular formula is C7H11ClN2. The van der Waals surface area contributed by atoms with E-state index in [0.29, 0.717) is 6.42 Å². The fourth-order valence-electron chi connectivity index (χ4n) is 0.950. The van der Waals surface area contributed by atoms with Crippen molar-refractivity contribution in [1.82, 2.24) is 5.32 Å². The van der Waals surface area contributed by atoms with Gasteiger partial charge in [0.25, 0.3) is 0 Å². The molecule has 1 fully saturated rings. The number of halogens is 1. The molecule has 0 aliphatic carbocycles. The van der Waals surface area contributed by atoms with E-state index in [4.69, 9.17) is 5.26 Å². The van der Waals surface area contributed by atoms with Crippen LogP contribution in [0.3, 0.4) is 0 Å². The molecule has 1 heterocycles. The maximum Gasteiger partial charge on any atom is 0.0663 e. The Morgan fingerprint density at radius 1 is 1.70 bits per heavy atom. The largest absolute Gasteiger partial charge is 0.313 e. The number of allylic oxidation sites excluding steroid dienone is 1. The van der Waals surface area contributed by atoms with Gasteiger partial charge in [-0.15, -0.1) is 12.4 Å². The van der Waals surface area contributed by atoms with E-state index in [9.17, 15) is 0 Å². The van der Waals surface area contributed by atoms with Gasteiger partial charge in [-0.3, -0.25) is 0 Å². The third-order valence-electron chi connectivity index (χ3n) is 1.46. The Kier molecular flexibility index (Phi) is 5.00. The molecule has 0 aromatic rings. The smallest absolute Gasteiger partial charge is 0.0663 e. The van der Waals surface area contributed by atoms with Gasteiger partial charge in [0.1, 0.15) is 0 Å². The molecule has 1 rings (SSSR count). The first-order valence-corrected chi connectivity index (χ1v) is 3.19. The maximum atomic E-state index is 8.21. The molecular weight excluding hydrogens is 148 g/mol. The molecule has 1 N–H and O–H groups in total. The zero-order valence-corrected chi connectivity index (χ0v) is 6.58. The first-order chi connectivity index (χ1) is 4.43. The van der Waals surface area contributed by atoms with Gasteiger partial charge in [0, 0.05) is 6.54 Å². The lowest BCUT2D eigenvalue weighted by Gasteiger charge is -1.87. The van der Waals surface area contributed by atoms with Crippen molar-refractivity contribution in [3.05, 3.63) is 11.6 Å². The summed E-state index contributed by atoms with van der Waals surface area (Å²) in [7, 11) is 0. The average Bonchev–Trinajstić information content (AvgIpc) is 2.34. The molecule has 0 aromatic carbocycles. The number of hydrogen-bond acceptors (Lipinski definition) is 2. The van der Waals surface area contributed by atoms with E-state index in [2.05, 4.69) is 11.4 Å². The highest BCUT2D eigenvalue weighted by Crippen LogP contribution is 2.05. The molecule has 10 heavy (non-hydrogen) atoms. The van der Waals surface area contributed by atoms with Crippen LogP contribution in [-0.4, -0.2) is 13.1 Å². The first kappa shape index (κ1) is 9.48. The first-order valence-electron chi connectivity index (χ1n) is 3.19. The number of hydrogen-bond donors (Lipinski definition) is 1. The Bertz CT molecular complexity index is 149. The standard InChI is InChI=1S/C7H10N2.ClH/c8-4-1-2-7-3-5-9-6-7;/h2,9H,1,3,5-6H2;1H. The number of nitriles is 1. The lowest BCUT2D eigenvalue weighted by atomic mass is 10.2. The molecule has 2 nitrogen and oxygen atoms in total. The van der Waals surface area contributed by atoms with Crippen molar-refractivity contribution in [3.8, 4) is 6.07 Å². The minimum Gasteiger partial charge on any atom is -0.313 e. The van der Waals surface area contributed by atoms with Crippen LogP contribution in [0.4, 0.5) is 0 Å². The Labute approximate surface area is 67.3 Å². The summed E-state index contributed by atoms with van der Waals surface area (Å²) >= 11 is 0. The number of rotatable bonds is 1. The van der Waals surface area contributed by atoms with Gasteiger partial charge in [-0.05, 0) is 13.0 Å². The second-order valence-electron chi connectivity index (χ2n) is 2.15. The van der Waals surface area contributed by atoms with Crippen LogP contribution >= 0.6 is 12.4 Å². The Hall–Kier alpha value is -0.520. The summed E-state index contributed by atoms with van der Waals surface area (Å²) in [5, 5.41) is 11.4. The van der Waals surface area contributed by atoms with Gasteiger partial charge in [0.2, 0.25) is 0 Å². The van der Waals surface area contributed by atoms with Gasteiger partial charge >= 0.3 is 0 Å². The third-order valence-corrected chi connectivity index (χ3v) is 1.46. The molecule has 1 aliphatic rings. The molecule has 0 unspecified atom stereocenters. The van der Waals surface area contributed by atoms with Gasteiger partial charge in [-0.25, -0.2) is 0 Å². The second-order valence-corrected chi connectivity index (χ2v) is 2.15. The zero-order valence-electron chi connectivity index (χ0n) is 5.76. The fourth-order valence-corrected chi connectivity index (χ4v) is 0.950. The Morgan fingerprint density at radius 3 is 3.00 bits per heavy atom. The van der Waals surface area contributed by atoms with Crippen molar-refractivity contribution in [1.29, 1.82) is 5.26 Å². The van der Waals surface area contributed by atoms with Gasteiger partial charge in [-0.2, -0.15) is 5.26 Å². The van der Waals surface area contributed by atoms with Crippen LogP contribution in [0.25, 0.3) is 0 Å². The van der Waals surface area contributed by atoms with Crippen molar-refractivity contribution in [2.45, 2.75) is 12.8 Å². The SMILES string of the molecule is Cl.N#CCC=C1CCNC1. The van der Waals surface area contributed by atoms with Gasteiger partial charge < -0.3 is 5.32 Å². The van der Waals surface area contributed by atoms with Crippen LogP contribution in [-0.2, 0) is 0 Å². The van der Waals surface area contributed by atoms with Crippen LogP contribution in [0.1, 0.15) is 12.8 Å². The molecule has 0 atom stereocenters. The molecule has 1 saturated heterocycles. The maximum absolute atomic E-state index is 8.21. The van der Waals surface area contributed by atoms with Crippen molar-refractivity contribution in [2.24, 2.45) is 0 Å². The summed E-state index contributed by atoms with van der Waals surface area (Å²) in [6.07, 6.45) is 3.71. The number of nitrogens with zero attached hydrogens (tertiary/aromatic N) is 1. The van der Waals surface area contributed by atoms with Crippen molar-refractivity contribution in [2.75, 3.05) is 13.1 Å². The Morgan fingerprint density at radius 2 is 2.50 bits per heavy atom. The van der Waals surface area contributed by atoms with E-state index >= 15 is 0 Å². The average molecular weight is 159 g/mol.